The lowest BCUT2D eigenvalue weighted by Crippen LogP contribution is -2.41. The molecular formula is C19H17ClN4O3. The molecule has 2 aromatic carbocycles. The van der Waals surface area contributed by atoms with E-state index in [1.54, 1.807) is 35.0 Å². The van der Waals surface area contributed by atoms with Crippen molar-refractivity contribution < 1.29 is 14.7 Å². The molecule has 0 unspecified atom stereocenters. The zero-order valence-electron chi connectivity index (χ0n) is 14.4. The molecule has 1 heterocycles. The van der Waals surface area contributed by atoms with Crippen LogP contribution in [0.25, 0.3) is 5.69 Å². The Labute approximate surface area is 160 Å². The first-order chi connectivity index (χ1) is 13.0. The molecule has 0 spiro atoms. The molecule has 3 aromatic rings. The van der Waals surface area contributed by atoms with Gasteiger partial charge in [0.2, 0.25) is 0 Å². The molecule has 138 valence electrons. The minimum atomic E-state index is -0.623. The molecule has 2 amide bonds. The van der Waals surface area contributed by atoms with E-state index in [1.165, 1.54) is 18.3 Å². The number of aromatic nitrogens is 2. The monoisotopic (exact) mass is 384 g/mol. The van der Waals surface area contributed by atoms with E-state index in [0.29, 0.717) is 22.7 Å². The lowest BCUT2D eigenvalue weighted by molar-refractivity contribution is 0.0844. The number of hydrogen-bond donors (Lipinski definition) is 3. The van der Waals surface area contributed by atoms with Gasteiger partial charge in [-0.05, 0) is 36.8 Å². The molecule has 0 saturated heterocycles. The molecule has 0 bridgehead atoms. The summed E-state index contributed by atoms with van der Waals surface area (Å²) >= 11 is 6.03. The number of rotatable bonds is 4. The van der Waals surface area contributed by atoms with Crippen molar-refractivity contribution in [1.82, 2.24) is 20.6 Å². The van der Waals surface area contributed by atoms with Crippen molar-refractivity contribution >= 4 is 23.4 Å². The van der Waals surface area contributed by atoms with Crippen molar-refractivity contribution in [1.29, 1.82) is 0 Å². The van der Waals surface area contributed by atoms with Crippen LogP contribution in [0.2, 0.25) is 5.02 Å². The second-order valence-electron chi connectivity index (χ2n) is 5.68. The summed E-state index contributed by atoms with van der Waals surface area (Å²) in [6, 6.07) is 13.2. The number of carbonyl (C=O) groups is 2. The molecule has 0 atom stereocenters. The van der Waals surface area contributed by atoms with E-state index in [2.05, 4.69) is 16.0 Å². The van der Waals surface area contributed by atoms with Gasteiger partial charge in [-0.25, -0.2) is 4.68 Å². The van der Waals surface area contributed by atoms with Gasteiger partial charge in [0.15, 0.2) is 0 Å². The van der Waals surface area contributed by atoms with E-state index in [-0.39, 0.29) is 11.3 Å². The van der Waals surface area contributed by atoms with Gasteiger partial charge in [-0.1, -0.05) is 36.7 Å². The summed E-state index contributed by atoms with van der Waals surface area (Å²) in [5.74, 6) is -1.31. The molecule has 0 fully saturated rings. The Hall–Kier alpha value is -3.32. The van der Waals surface area contributed by atoms with Gasteiger partial charge in [0.05, 0.1) is 28.7 Å². The molecule has 27 heavy (non-hydrogen) atoms. The number of halogens is 1. The molecule has 0 aliphatic rings. The van der Waals surface area contributed by atoms with E-state index in [1.807, 2.05) is 13.0 Å². The lowest BCUT2D eigenvalue weighted by Gasteiger charge is -2.10. The van der Waals surface area contributed by atoms with E-state index >= 15 is 0 Å². The number of phenolic OH excluding ortho intramolecular Hbond substituents is 1. The van der Waals surface area contributed by atoms with Gasteiger partial charge in [0, 0.05) is 5.02 Å². The van der Waals surface area contributed by atoms with Gasteiger partial charge in [-0.15, -0.1) is 0 Å². The van der Waals surface area contributed by atoms with E-state index in [0.717, 1.165) is 5.69 Å². The van der Waals surface area contributed by atoms with Crippen LogP contribution in [0.4, 0.5) is 0 Å². The predicted octanol–water partition coefficient (Wildman–Crippen LogP) is 2.87. The Morgan fingerprint density at radius 2 is 1.78 bits per heavy atom. The Morgan fingerprint density at radius 3 is 2.44 bits per heavy atom. The fraction of sp³-hybridized carbons (Fsp3) is 0.105. The molecule has 0 aliphatic carbocycles. The number of aromatic hydroxyl groups is 1. The number of amides is 2. The summed E-state index contributed by atoms with van der Waals surface area (Å²) in [6.45, 7) is 1.90. The first-order valence-corrected chi connectivity index (χ1v) is 8.60. The smallest absolute Gasteiger partial charge is 0.273 e. The van der Waals surface area contributed by atoms with Gasteiger partial charge in [0.1, 0.15) is 5.75 Å². The van der Waals surface area contributed by atoms with Gasteiger partial charge < -0.3 is 5.11 Å². The predicted molar refractivity (Wildman–Crippen MR) is 101 cm³/mol. The molecule has 3 rings (SSSR count). The lowest BCUT2D eigenvalue weighted by atomic mass is 10.2. The summed E-state index contributed by atoms with van der Waals surface area (Å²) in [7, 11) is 0. The maximum Gasteiger partial charge on any atom is 0.273 e. The molecule has 7 nitrogen and oxygen atoms in total. The van der Waals surface area contributed by atoms with E-state index in [9.17, 15) is 14.7 Å². The Bertz CT molecular complexity index is 1000. The zero-order valence-corrected chi connectivity index (χ0v) is 15.2. The largest absolute Gasteiger partial charge is 0.507 e. The second kappa shape index (κ2) is 7.92. The number of hydrogen-bond acceptors (Lipinski definition) is 4. The summed E-state index contributed by atoms with van der Waals surface area (Å²) in [6.07, 6.45) is 1.98. The molecule has 8 heteroatoms. The van der Waals surface area contributed by atoms with Crippen LogP contribution in [0.5, 0.6) is 5.75 Å². The highest BCUT2D eigenvalue weighted by Crippen LogP contribution is 2.19. The average Bonchev–Trinajstić information content (AvgIpc) is 3.10. The molecular weight excluding hydrogens is 368 g/mol. The topological polar surface area (TPSA) is 96.2 Å². The number of hydrazine groups is 1. The number of para-hydroxylation sites is 1. The summed E-state index contributed by atoms with van der Waals surface area (Å²) < 4.78 is 1.63. The first kappa shape index (κ1) is 18.5. The Kier molecular flexibility index (Phi) is 5.42. The summed E-state index contributed by atoms with van der Waals surface area (Å²) in [4.78, 5) is 24.6. The van der Waals surface area contributed by atoms with Gasteiger partial charge in [0.25, 0.3) is 11.8 Å². The van der Waals surface area contributed by atoms with E-state index < -0.39 is 11.8 Å². The van der Waals surface area contributed by atoms with Crippen molar-refractivity contribution in [2.45, 2.75) is 13.3 Å². The first-order valence-electron chi connectivity index (χ1n) is 8.22. The van der Waals surface area contributed by atoms with E-state index in [4.69, 9.17) is 11.6 Å². The van der Waals surface area contributed by atoms with Gasteiger partial charge in [-0.3, -0.25) is 20.4 Å². The van der Waals surface area contributed by atoms with Crippen molar-refractivity contribution in [3.05, 3.63) is 76.6 Å². The quantitative estimate of drug-likeness (QED) is 0.602. The second-order valence-corrected chi connectivity index (χ2v) is 6.11. The Morgan fingerprint density at radius 1 is 1.07 bits per heavy atom. The number of benzene rings is 2. The fourth-order valence-corrected chi connectivity index (χ4v) is 2.83. The van der Waals surface area contributed by atoms with Crippen LogP contribution in [0, 0.1) is 0 Å². The highest BCUT2D eigenvalue weighted by molar-refractivity contribution is 6.30. The van der Waals surface area contributed by atoms with Crippen LogP contribution in [-0.4, -0.2) is 26.7 Å². The molecule has 3 N–H and O–H groups in total. The highest BCUT2D eigenvalue weighted by Gasteiger charge is 2.18. The fourth-order valence-electron chi connectivity index (χ4n) is 2.65. The van der Waals surface area contributed by atoms with Crippen LogP contribution in [0.3, 0.4) is 0 Å². The minimum Gasteiger partial charge on any atom is -0.507 e. The number of nitrogens with one attached hydrogen (secondary N) is 2. The van der Waals surface area contributed by atoms with Crippen LogP contribution in [0.1, 0.15) is 33.3 Å². The molecule has 0 radical (unpaired) electrons. The Balaban J connectivity index is 1.77. The molecule has 1 aromatic heterocycles. The maximum absolute atomic E-state index is 12.5. The van der Waals surface area contributed by atoms with Crippen molar-refractivity contribution in [3.8, 4) is 11.4 Å². The maximum atomic E-state index is 12.5. The number of nitrogens with zero attached hydrogens (tertiary/aromatic N) is 2. The normalized spacial score (nSPS) is 10.4. The minimum absolute atomic E-state index is 0.0585. The zero-order chi connectivity index (χ0) is 19.4. The standard InChI is InChI=1S/C19H17ClN4O3/c1-2-16-15(11-21-24(16)13-7-5-6-12(20)10-13)19(27)23-22-18(26)14-8-3-4-9-17(14)25/h3-11,25H,2H2,1H3,(H,22,26)(H,23,27). The highest BCUT2D eigenvalue weighted by atomic mass is 35.5. The SMILES string of the molecule is CCc1c(C(=O)NNC(=O)c2ccccc2O)cnn1-c1cccc(Cl)c1. The van der Waals surface area contributed by atoms with Gasteiger partial charge >= 0.3 is 0 Å². The third-order valence-electron chi connectivity index (χ3n) is 3.94. The van der Waals surface area contributed by atoms with Crippen LogP contribution in [-0.2, 0) is 6.42 Å². The van der Waals surface area contributed by atoms with Crippen LogP contribution >= 0.6 is 11.6 Å². The van der Waals surface area contributed by atoms with Crippen molar-refractivity contribution in [3.63, 3.8) is 0 Å². The summed E-state index contributed by atoms with van der Waals surface area (Å²) in [5, 5.41) is 14.5. The van der Waals surface area contributed by atoms with Crippen molar-refractivity contribution in [2.75, 3.05) is 0 Å². The van der Waals surface area contributed by atoms with Crippen LogP contribution in [0.15, 0.2) is 54.7 Å². The third-order valence-corrected chi connectivity index (χ3v) is 4.17. The van der Waals surface area contributed by atoms with Crippen molar-refractivity contribution in [2.24, 2.45) is 0 Å². The number of carbonyl (C=O) groups excluding carboxylic acids is 2. The molecule has 0 aliphatic heterocycles. The molecule has 0 saturated carbocycles. The van der Waals surface area contributed by atoms with Gasteiger partial charge in [-0.2, -0.15) is 5.10 Å². The third kappa shape index (κ3) is 3.93. The summed E-state index contributed by atoms with van der Waals surface area (Å²) in [5.41, 5.74) is 6.43. The van der Waals surface area contributed by atoms with Crippen LogP contribution < -0.4 is 10.9 Å². The average molecular weight is 385 g/mol. The number of phenols is 1.